The highest BCUT2D eigenvalue weighted by Crippen LogP contribution is 2.37. The molecule has 72 valence electrons. The highest BCUT2D eigenvalue weighted by Gasteiger charge is 2.41. The summed E-state index contributed by atoms with van der Waals surface area (Å²) >= 11 is 0. The minimum Gasteiger partial charge on any atom is -0.377 e. The molecule has 1 aliphatic rings. The number of rotatable bonds is 0. The third-order valence-corrected chi connectivity index (χ3v) is 2.24. The number of hydrogen-bond acceptors (Lipinski definition) is 1. The van der Waals surface area contributed by atoms with Crippen LogP contribution in [0.25, 0.3) is 0 Å². The van der Waals surface area contributed by atoms with Gasteiger partial charge in [-0.05, 0) is 5.41 Å². The fourth-order valence-electron chi connectivity index (χ4n) is 1.34. The molecule has 12 heavy (non-hydrogen) atoms. The largest absolute Gasteiger partial charge is 0.377 e. The fourth-order valence-corrected chi connectivity index (χ4v) is 1.34. The van der Waals surface area contributed by atoms with Crippen LogP contribution in [0.2, 0.25) is 0 Å². The zero-order chi connectivity index (χ0) is 9.41. The Morgan fingerprint density at radius 3 is 2.25 bits per heavy atom. The quantitative estimate of drug-likeness (QED) is 0.554. The molecule has 1 fully saturated rings. The standard InChI is InChI=1S/C9H16F2O/c1-8(2,3)7-6-9(10,11)4-5-12-7/h7H,4-6H2,1-3H3. The number of alkyl halides is 2. The van der Waals surface area contributed by atoms with Crippen molar-refractivity contribution in [1.29, 1.82) is 0 Å². The first-order valence-electron chi connectivity index (χ1n) is 4.31. The normalized spacial score (nSPS) is 30.2. The van der Waals surface area contributed by atoms with Crippen LogP contribution in [-0.2, 0) is 4.74 Å². The van der Waals surface area contributed by atoms with E-state index < -0.39 is 5.92 Å². The predicted molar refractivity (Wildman–Crippen MR) is 43.4 cm³/mol. The fraction of sp³-hybridized carbons (Fsp3) is 1.00. The molecular formula is C9H16F2O. The Morgan fingerprint density at radius 1 is 1.33 bits per heavy atom. The summed E-state index contributed by atoms with van der Waals surface area (Å²) in [5.41, 5.74) is -0.177. The summed E-state index contributed by atoms with van der Waals surface area (Å²) in [5, 5.41) is 0. The van der Waals surface area contributed by atoms with E-state index in [1.165, 1.54) is 0 Å². The molecule has 0 bridgehead atoms. The summed E-state index contributed by atoms with van der Waals surface area (Å²) in [4.78, 5) is 0. The molecule has 1 aliphatic heterocycles. The van der Waals surface area contributed by atoms with Crippen LogP contribution < -0.4 is 0 Å². The SMILES string of the molecule is CC(C)(C)C1CC(F)(F)CCO1. The molecule has 0 N–H and O–H groups in total. The topological polar surface area (TPSA) is 9.23 Å². The Hall–Kier alpha value is -0.180. The minimum absolute atomic E-state index is 0.125. The Kier molecular flexibility index (Phi) is 2.43. The molecule has 3 heteroatoms. The summed E-state index contributed by atoms with van der Waals surface area (Å²) in [6, 6.07) is 0. The van der Waals surface area contributed by atoms with Crippen molar-refractivity contribution in [3.8, 4) is 0 Å². The Balaban J connectivity index is 2.58. The van der Waals surface area contributed by atoms with Crippen molar-refractivity contribution in [2.24, 2.45) is 5.41 Å². The highest BCUT2D eigenvalue weighted by molar-refractivity contribution is 4.84. The minimum atomic E-state index is -2.52. The van der Waals surface area contributed by atoms with Crippen molar-refractivity contribution in [2.75, 3.05) is 6.61 Å². The molecule has 0 aromatic heterocycles. The van der Waals surface area contributed by atoms with Crippen molar-refractivity contribution >= 4 is 0 Å². The van der Waals surface area contributed by atoms with E-state index in [-0.39, 0.29) is 31.0 Å². The van der Waals surface area contributed by atoms with Crippen molar-refractivity contribution in [3.05, 3.63) is 0 Å². The zero-order valence-electron chi connectivity index (χ0n) is 7.86. The maximum absolute atomic E-state index is 12.9. The van der Waals surface area contributed by atoms with Gasteiger partial charge in [-0.25, -0.2) is 8.78 Å². The molecule has 1 heterocycles. The number of halogens is 2. The van der Waals surface area contributed by atoms with Gasteiger partial charge >= 0.3 is 0 Å². The first-order chi connectivity index (χ1) is 5.31. The lowest BCUT2D eigenvalue weighted by molar-refractivity contribution is -0.155. The second-order valence-corrected chi connectivity index (χ2v) is 4.54. The van der Waals surface area contributed by atoms with E-state index >= 15 is 0 Å². The lowest BCUT2D eigenvalue weighted by Gasteiger charge is -2.37. The van der Waals surface area contributed by atoms with Gasteiger partial charge in [0.05, 0.1) is 12.7 Å². The zero-order valence-corrected chi connectivity index (χ0v) is 7.86. The van der Waals surface area contributed by atoms with Gasteiger partial charge in [0.2, 0.25) is 0 Å². The molecule has 1 nitrogen and oxygen atoms in total. The van der Waals surface area contributed by atoms with E-state index in [1.54, 1.807) is 0 Å². The van der Waals surface area contributed by atoms with Crippen LogP contribution in [0.15, 0.2) is 0 Å². The van der Waals surface area contributed by atoms with E-state index in [0.29, 0.717) is 0 Å². The molecule has 0 aromatic rings. The lowest BCUT2D eigenvalue weighted by atomic mass is 9.84. The first-order valence-corrected chi connectivity index (χ1v) is 4.31. The molecule has 0 amide bonds. The van der Waals surface area contributed by atoms with Gasteiger partial charge in [0, 0.05) is 12.8 Å². The maximum atomic E-state index is 12.9. The number of ether oxygens (including phenoxy) is 1. The number of hydrogen-bond donors (Lipinski definition) is 0. The summed E-state index contributed by atoms with van der Waals surface area (Å²) in [6.07, 6.45) is -0.558. The molecule has 1 rings (SSSR count). The van der Waals surface area contributed by atoms with Gasteiger partial charge in [-0.2, -0.15) is 0 Å². The Bertz CT molecular complexity index is 157. The van der Waals surface area contributed by atoms with Crippen LogP contribution in [0.3, 0.4) is 0 Å². The third-order valence-electron chi connectivity index (χ3n) is 2.24. The van der Waals surface area contributed by atoms with E-state index in [0.717, 1.165) is 0 Å². The molecule has 0 saturated carbocycles. The van der Waals surface area contributed by atoms with Crippen LogP contribution in [0.1, 0.15) is 33.6 Å². The summed E-state index contributed by atoms with van der Waals surface area (Å²) < 4.78 is 31.1. The van der Waals surface area contributed by atoms with Gasteiger partial charge in [0.15, 0.2) is 0 Å². The molecule has 1 saturated heterocycles. The molecule has 0 aromatic carbocycles. The van der Waals surface area contributed by atoms with Crippen molar-refractivity contribution in [3.63, 3.8) is 0 Å². The molecule has 0 radical (unpaired) electrons. The lowest BCUT2D eigenvalue weighted by Crippen LogP contribution is -2.41. The first kappa shape index (κ1) is 9.90. The second-order valence-electron chi connectivity index (χ2n) is 4.54. The van der Waals surface area contributed by atoms with Gasteiger partial charge in [-0.1, -0.05) is 20.8 Å². The van der Waals surface area contributed by atoms with E-state index in [1.807, 2.05) is 20.8 Å². The van der Waals surface area contributed by atoms with Gasteiger partial charge in [-0.15, -0.1) is 0 Å². The second kappa shape index (κ2) is 2.95. The van der Waals surface area contributed by atoms with Crippen LogP contribution in [-0.4, -0.2) is 18.6 Å². The van der Waals surface area contributed by atoms with Crippen LogP contribution >= 0.6 is 0 Å². The van der Waals surface area contributed by atoms with Crippen LogP contribution in [0.4, 0.5) is 8.78 Å². The van der Waals surface area contributed by atoms with Gasteiger partial charge in [0.1, 0.15) is 0 Å². The van der Waals surface area contributed by atoms with E-state index in [4.69, 9.17) is 4.74 Å². The van der Waals surface area contributed by atoms with E-state index in [2.05, 4.69) is 0 Å². The third kappa shape index (κ3) is 2.41. The summed E-state index contributed by atoms with van der Waals surface area (Å²) in [5.74, 6) is -2.52. The van der Waals surface area contributed by atoms with Crippen molar-refractivity contribution < 1.29 is 13.5 Å². The Morgan fingerprint density at radius 2 is 1.92 bits per heavy atom. The average Bonchev–Trinajstić information content (AvgIpc) is 1.83. The van der Waals surface area contributed by atoms with Crippen LogP contribution in [0, 0.1) is 5.41 Å². The van der Waals surface area contributed by atoms with E-state index in [9.17, 15) is 8.78 Å². The van der Waals surface area contributed by atoms with Gasteiger partial charge in [-0.3, -0.25) is 0 Å². The van der Waals surface area contributed by atoms with Crippen LogP contribution in [0.5, 0.6) is 0 Å². The summed E-state index contributed by atoms with van der Waals surface area (Å²) in [7, 11) is 0. The maximum Gasteiger partial charge on any atom is 0.252 e. The van der Waals surface area contributed by atoms with Gasteiger partial charge in [0.25, 0.3) is 5.92 Å². The molecule has 1 unspecified atom stereocenters. The van der Waals surface area contributed by atoms with Gasteiger partial charge < -0.3 is 4.74 Å². The molecular weight excluding hydrogens is 162 g/mol. The molecule has 0 aliphatic carbocycles. The summed E-state index contributed by atoms with van der Waals surface area (Å²) in [6.45, 7) is 5.98. The smallest absolute Gasteiger partial charge is 0.252 e. The molecule has 1 atom stereocenters. The Labute approximate surface area is 72.1 Å². The predicted octanol–water partition coefficient (Wildman–Crippen LogP) is 2.85. The monoisotopic (exact) mass is 178 g/mol. The average molecular weight is 178 g/mol. The van der Waals surface area contributed by atoms with Crippen molar-refractivity contribution in [2.45, 2.75) is 45.6 Å². The van der Waals surface area contributed by atoms with Crippen molar-refractivity contribution in [1.82, 2.24) is 0 Å². The molecule has 0 spiro atoms. The highest BCUT2D eigenvalue weighted by atomic mass is 19.3.